The van der Waals surface area contributed by atoms with Crippen LogP contribution in [0.1, 0.15) is 26.1 Å². The normalized spacial score (nSPS) is 22.5. The van der Waals surface area contributed by atoms with Gasteiger partial charge in [0.1, 0.15) is 11.6 Å². The molecule has 0 aliphatic carbocycles. The zero-order valence-corrected chi connectivity index (χ0v) is 12.1. The molecule has 1 saturated heterocycles. The molecule has 1 N–H and O–H groups in total. The predicted molar refractivity (Wildman–Crippen MR) is 79.7 cm³/mol. The Morgan fingerprint density at radius 3 is 2.95 bits per heavy atom. The van der Waals surface area contributed by atoms with E-state index in [0.29, 0.717) is 18.2 Å². The Hall–Kier alpha value is -1.68. The lowest BCUT2D eigenvalue weighted by molar-refractivity contribution is -0.122. The first-order valence-corrected chi connectivity index (χ1v) is 7.41. The van der Waals surface area contributed by atoms with Crippen molar-refractivity contribution in [2.75, 3.05) is 6.54 Å². The van der Waals surface area contributed by atoms with Crippen molar-refractivity contribution >= 4 is 16.8 Å². The summed E-state index contributed by atoms with van der Waals surface area (Å²) in [6, 6.07) is 8.38. The number of imidazole rings is 1. The van der Waals surface area contributed by atoms with Crippen LogP contribution in [0.3, 0.4) is 0 Å². The molecule has 0 radical (unpaired) electrons. The van der Waals surface area contributed by atoms with E-state index < -0.39 is 0 Å². The Labute approximate surface area is 119 Å². The number of benzene rings is 1. The van der Waals surface area contributed by atoms with Gasteiger partial charge in [-0.1, -0.05) is 12.1 Å². The van der Waals surface area contributed by atoms with Gasteiger partial charge in [-0.05, 0) is 38.9 Å². The highest BCUT2D eigenvalue weighted by molar-refractivity contribution is 5.85. The number of rotatable bonds is 4. The van der Waals surface area contributed by atoms with E-state index in [9.17, 15) is 4.79 Å². The zero-order valence-electron chi connectivity index (χ0n) is 12.1. The first kappa shape index (κ1) is 13.3. The molecule has 4 nitrogen and oxygen atoms in total. The van der Waals surface area contributed by atoms with E-state index in [-0.39, 0.29) is 5.92 Å². The highest BCUT2D eigenvalue weighted by Crippen LogP contribution is 2.21. The lowest BCUT2D eigenvalue weighted by Gasteiger charge is -2.14. The lowest BCUT2D eigenvalue weighted by Crippen LogP contribution is -2.29. The van der Waals surface area contributed by atoms with Crippen LogP contribution in [-0.2, 0) is 17.8 Å². The zero-order chi connectivity index (χ0) is 14.1. The van der Waals surface area contributed by atoms with Crippen molar-refractivity contribution in [1.29, 1.82) is 0 Å². The molecule has 0 spiro atoms. The van der Waals surface area contributed by atoms with E-state index in [1.807, 2.05) is 18.2 Å². The van der Waals surface area contributed by atoms with Gasteiger partial charge < -0.3 is 9.88 Å². The average molecular weight is 271 g/mol. The van der Waals surface area contributed by atoms with Gasteiger partial charge in [0, 0.05) is 18.5 Å². The largest absolute Gasteiger partial charge is 0.328 e. The third-order valence-corrected chi connectivity index (χ3v) is 4.32. The maximum Gasteiger partial charge on any atom is 0.145 e. The Kier molecular flexibility index (Phi) is 3.57. The number of aryl methyl sites for hydroxylation is 1. The number of hydrogen-bond acceptors (Lipinski definition) is 3. The lowest BCUT2D eigenvalue weighted by atomic mass is 9.94. The van der Waals surface area contributed by atoms with Gasteiger partial charge in [-0.25, -0.2) is 4.98 Å². The number of ketones is 1. The highest BCUT2D eigenvalue weighted by Gasteiger charge is 2.30. The number of aromatic nitrogens is 2. The maximum atomic E-state index is 12.5. The van der Waals surface area contributed by atoms with E-state index in [0.717, 1.165) is 36.4 Å². The monoisotopic (exact) mass is 271 g/mol. The molecular formula is C16H21N3O. The van der Waals surface area contributed by atoms with Gasteiger partial charge in [0.15, 0.2) is 0 Å². The molecule has 1 fully saturated rings. The van der Waals surface area contributed by atoms with Crippen LogP contribution in [0.2, 0.25) is 0 Å². The van der Waals surface area contributed by atoms with Gasteiger partial charge in [-0.2, -0.15) is 0 Å². The van der Waals surface area contributed by atoms with Crippen LogP contribution in [0, 0.1) is 5.92 Å². The minimum atomic E-state index is 0.139. The second-order valence-electron chi connectivity index (χ2n) is 5.54. The van der Waals surface area contributed by atoms with Crippen LogP contribution in [0.25, 0.3) is 11.0 Å². The van der Waals surface area contributed by atoms with Gasteiger partial charge >= 0.3 is 0 Å². The summed E-state index contributed by atoms with van der Waals surface area (Å²) in [5.41, 5.74) is 2.10. The molecule has 20 heavy (non-hydrogen) atoms. The second kappa shape index (κ2) is 5.37. The summed E-state index contributed by atoms with van der Waals surface area (Å²) in [4.78, 5) is 17.1. The number of hydrogen-bond donors (Lipinski definition) is 1. The fourth-order valence-electron chi connectivity index (χ4n) is 3.20. The van der Waals surface area contributed by atoms with Crippen LogP contribution in [0.5, 0.6) is 0 Å². The standard InChI is InChI=1S/C16H21N3O/c1-3-19-14-7-5-4-6-13(14)18-16(19)10-15(20)12-8-9-17-11(12)2/h4-7,11-12,17H,3,8-10H2,1-2H3. The highest BCUT2D eigenvalue weighted by atomic mass is 16.1. The average Bonchev–Trinajstić information content (AvgIpc) is 3.01. The number of carbonyl (C=O) groups excluding carboxylic acids is 1. The molecule has 4 heteroatoms. The van der Waals surface area contributed by atoms with Crippen LogP contribution in [-0.4, -0.2) is 27.9 Å². The molecule has 0 saturated carbocycles. The van der Waals surface area contributed by atoms with Gasteiger partial charge in [-0.3, -0.25) is 4.79 Å². The summed E-state index contributed by atoms with van der Waals surface area (Å²) in [5, 5.41) is 3.34. The number of nitrogens with one attached hydrogen (secondary N) is 1. The molecule has 2 unspecified atom stereocenters. The minimum Gasteiger partial charge on any atom is -0.328 e. The molecule has 1 aliphatic rings. The van der Waals surface area contributed by atoms with Crippen LogP contribution >= 0.6 is 0 Å². The molecule has 3 rings (SSSR count). The molecule has 2 aromatic rings. The first-order valence-electron chi connectivity index (χ1n) is 7.41. The van der Waals surface area contributed by atoms with Gasteiger partial charge in [0.05, 0.1) is 17.5 Å². The van der Waals surface area contributed by atoms with E-state index in [2.05, 4.69) is 34.8 Å². The van der Waals surface area contributed by atoms with E-state index in [4.69, 9.17) is 0 Å². The molecule has 1 aromatic carbocycles. The van der Waals surface area contributed by atoms with Crippen LogP contribution in [0.4, 0.5) is 0 Å². The van der Waals surface area contributed by atoms with Crippen molar-refractivity contribution in [3.63, 3.8) is 0 Å². The smallest absolute Gasteiger partial charge is 0.145 e. The third kappa shape index (κ3) is 2.24. The Balaban J connectivity index is 1.88. The van der Waals surface area contributed by atoms with Gasteiger partial charge in [-0.15, -0.1) is 0 Å². The van der Waals surface area contributed by atoms with E-state index >= 15 is 0 Å². The third-order valence-electron chi connectivity index (χ3n) is 4.32. The van der Waals surface area contributed by atoms with Crippen molar-refractivity contribution in [3.05, 3.63) is 30.1 Å². The quantitative estimate of drug-likeness (QED) is 0.927. The Morgan fingerprint density at radius 2 is 2.25 bits per heavy atom. The summed E-state index contributed by atoms with van der Waals surface area (Å²) in [6.07, 6.45) is 1.39. The van der Waals surface area contributed by atoms with Crippen LogP contribution in [0.15, 0.2) is 24.3 Å². The fourth-order valence-corrected chi connectivity index (χ4v) is 3.20. The summed E-state index contributed by atoms with van der Waals surface area (Å²) < 4.78 is 2.15. The Morgan fingerprint density at radius 1 is 1.45 bits per heavy atom. The van der Waals surface area contributed by atoms with E-state index in [1.165, 1.54) is 0 Å². The SMILES string of the molecule is CCn1c(CC(=O)C2CCNC2C)nc2ccccc21. The Bertz CT molecular complexity index is 632. The molecular weight excluding hydrogens is 250 g/mol. The van der Waals surface area contributed by atoms with Crippen molar-refractivity contribution in [1.82, 2.24) is 14.9 Å². The van der Waals surface area contributed by atoms with Gasteiger partial charge in [0.25, 0.3) is 0 Å². The molecule has 106 valence electrons. The topological polar surface area (TPSA) is 46.9 Å². The number of para-hydroxylation sites is 2. The predicted octanol–water partition coefficient (Wildman–Crippen LogP) is 2.17. The molecule has 0 amide bonds. The molecule has 2 heterocycles. The molecule has 1 aromatic heterocycles. The first-order chi connectivity index (χ1) is 9.70. The summed E-state index contributed by atoms with van der Waals surface area (Å²) in [6.45, 7) is 5.99. The number of Topliss-reactive ketones (excluding diaryl/α,β-unsaturated/α-hetero) is 1. The van der Waals surface area contributed by atoms with Crippen molar-refractivity contribution in [2.45, 2.75) is 39.3 Å². The maximum absolute atomic E-state index is 12.5. The second-order valence-corrected chi connectivity index (χ2v) is 5.54. The number of fused-ring (bicyclic) bond motifs is 1. The van der Waals surface area contributed by atoms with Gasteiger partial charge in [0.2, 0.25) is 0 Å². The van der Waals surface area contributed by atoms with Crippen molar-refractivity contribution in [3.8, 4) is 0 Å². The van der Waals surface area contributed by atoms with Crippen molar-refractivity contribution in [2.24, 2.45) is 5.92 Å². The molecule has 0 bridgehead atoms. The van der Waals surface area contributed by atoms with Crippen molar-refractivity contribution < 1.29 is 4.79 Å². The molecule has 2 atom stereocenters. The van der Waals surface area contributed by atoms with E-state index in [1.54, 1.807) is 0 Å². The van der Waals surface area contributed by atoms with Crippen LogP contribution < -0.4 is 5.32 Å². The number of carbonyl (C=O) groups is 1. The molecule has 1 aliphatic heterocycles. The fraction of sp³-hybridized carbons (Fsp3) is 0.500. The summed E-state index contributed by atoms with van der Waals surface area (Å²) in [7, 11) is 0. The summed E-state index contributed by atoms with van der Waals surface area (Å²) >= 11 is 0. The summed E-state index contributed by atoms with van der Waals surface area (Å²) in [5.74, 6) is 1.35. The number of nitrogens with zero attached hydrogens (tertiary/aromatic N) is 2. The minimum absolute atomic E-state index is 0.139.